The third-order valence-electron chi connectivity index (χ3n) is 3.70. The normalized spacial score (nSPS) is 23.2. The van der Waals surface area contributed by atoms with Gasteiger partial charge in [0.15, 0.2) is 5.82 Å². The smallest absolute Gasteiger partial charge is 0.326 e. The monoisotopic (exact) mass is 261 g/mol. The lowest BCUT2D eigenvalue weighted by Gasteiger charge is -2.24. The number of rotatable bonds is 2. The number of carboxylic acids is 1. The Kier molecular flexibility index (Phi) is 2.62. The second-order valence-electron chi connectivity index (χ2n) is 4.93. The average Bonchev–Trinajstić information content (AvgIpc) is 2.93. The molecule has 100 valence electrons. The molecule has 7 nitrogen and oxygen atoms in total. The van der Waals surface area contributed by atoms with Crippen LogP contribution in [0.5, 0.6) is 0 Å². The minimum atomic E-state index is -0.815. The molecule has 0 spiro atoms. The van der Waals surface area contributed by atoms with Crippen molar-refractivity contribution in [3.63, 3.8) is 0 Å². The Hall–Kier alpha value is -2.18. The Morgan fingerprint density at radius 1 is 1.47 bits per heavy atom. The van der Waals surface area contributed by atoms with Gasteiger partial charge >= 0.3 is 5.97 Å². The van der Waals surface area contributed by atoms with Crippen LogP contribution in [0.3, 0.4) is 0 Å². The van der Waals surface area contributed by atoms with E-state index in [2.05, 4.69) is 15.2 Å². The van der Waals surface area contributed by atoms with Gasteiger partial charge in [0.25, 0.3) is 0 Å². The molecule has 0 aromatic carbocycles. The van der Waals surface area contributed by atoms with Crippen LogP contribution in [-0.2, 0) is 4.79 Å². The fourth-order valence-electron chi connectivity index (χ4n) is 2.69. The van der Waals surface area contributed by atoms with Crippen LogP contribution >= 0.6 is 0 Å². The number of carbonyl (C=O) groups is 1. The van der Waals surface area contributed by atoms with E-state index in [0.717, 1.165) is 12.2 Å². The molecule has 2 unspecified atom stereocenters. The second-order valence-corrected chi connectivity index (χ2v) is 4.93. The number of carboxylic acid groups (broad SMARTS) is 1. The largest absolute Gasteiger partial charge is 0.480 e. The summed E-state index contributed by atoms with van der Waals surface area (Å²) >= 11 is 0. The average molecular weight is 261 g/mol. The molecule has 3 rings (SSSR count). The maximum absolute atomic E-state index is 11.4. The first-order valence-electron chi connectivity index (χ1n) is 6.25. The summed E-state index contributed by atoms with van der Waals surface area (Å²) in [6, 6.07) is -0.546. The molecule has 0 bridgehead atoms. The van der Waals surface area contributed by atoms with Crippen molar-refractivity contribution in [3.8, 4) is 0 Å². The number of fused-ring (bicyclic) bond motifs is 1. The van der Waals surface area contributed by atoms with E-state index in [1.807, 2.05) is 23.1 Å². The minimum Gasteiger partial charge on any atom is -0.480 e. The van der Waals surface area contributed by atoms with Gasteiger partial charge < -0.3 is 10.0 Å². The predicted octanol–water partition coefficient (Wildman–Crippen LogP) is 0.732. The molecule has 1 N–H and O–H groups in total. The molecule has 1 saturated heterocycles. The maximum atomic E-state index is 11.4. The second kappa shape index (κ2) is 4.18. The van der Waals surface area contributed by atoms with E-state index in [4.69, 9.17) is 0 Å². The molecule has 0 amide bonds. The Bertz CT molecular complexity index is 638. The highest BCUT2D eigenvalue weighted by atomic mass is 16.4. The Morgan fingerprint density at radius 3 is 3.00 bits per heavy atom. The highest BCUT2D eigenvalue weighted by molar-refractivity contribution is 5.81. The Morgan fingerprint density at radius 2 is 2.26 bits per heavy atom. The van der Waals surface area contributed by atoms with Crippen LogP contribution in [0.1, 0.15) is 19.2 Å². The van der Waals surface area contributed by atoms with Gasteiger partial charge in [0.2, 0.25) is 5.65 Å². The molecule has 2 atom stereocenters. The minimum absolute atomic E-state index is 0.101. The predicted molar refractivity (Wildman–Crippen MR) is 68.1 cm³/mol. The van der Waals surface area contributed by atoms with Crippen LogP contribution < -0.4 is 4.90 Å². The first-order valence-corrected chi connectivity index (χ1v) is 6.25. The summed E-state index contributed by atoms with van der Waals surface area (Å²) in [4.78, 5) is 17.5. The fourth-order valence-corrected chi connectivity index (χ4v) is 2.69. The van der Waals surface area contributed by atoms with Crippen molar-refractivity contribution in [1.29, 1.82) is 0 Å². The van der Waals surface area contributed by atoms with E-state index < -0.39 is 12.0 Å². The van der Waals surface area contributed by atoms with Gasteiger partial charge in [0.1, 0.15) is 11.9 Å². The molecule has 7 heteroatoms. The van der Waals surface area contributed by atoms with Gasteiger partial charge in [-0.25, -0.2) is 9.78 Å². The first-order chi connectivity index (χ1) is 9.09. The SMILES string of the molecule is Cc1nnc2c(N3CCC(C)C3C(=O)O)nccn12. The van der Waals surface area contributed by atoms with Crippen LogP contribution in [-0.4, -0.2) is 43.2 Å². The number of hydrogen-bond acceptors (Lipinski definition) is 5. The van der Waals surface area contributed by atoms with Crippen molar-refractivity contribution < 1.29 is 9.90 Å². The molecule has 0 aliphatic carbocycles. The van der Waals surface area contributed by atoms with Gasteiger partial charge in [-0.1, -0.05) is 6.92 Å². The lowest BCUT2D eigenvalue weighted by molar-refractivity contribution is -0.139. The van der Waals surface area contributed by atoms with E-state index in [-0.39, 0.29) is 5.92 Å². The third-order valence-corrected chi connectivity index (χ3v) is 3.70. The van der Waals surface area contributed by atoms with Crippen molar-refractivity contribution in [2.75, 3.05) is 11.4 Å². The number of aromatic nitrogens is 4. The molecule has 2 aromatic heterocycles. The maximum Gasteiger partial charge on any atom is 0.326 e. The van der Waals surface area contributed by atoms with E-state index in [1.165, 1.54) is 0 Å². The molecule has 19 heavy (non-hydrogen) atoms. The van der Waals surface area contributed by atoms with Crippen molar-refractivity contribution >= 4 is 17.4 Å². The lowest BCUT2D eigenvalue weighted by atomic mass is 10.0. The Balaban J connectivity index is 2.11. The third kappa shape index (κ3) is 1.73. The summed E-state index contributed by atoms with van der Waals surface area (Å²) in [5, 5.41) is 17.5. The molecule has 1 fully saturated rings. The van der Waals surface area contributed by atoms with Gasteiger partial charge in [-0.05, 0) is 19.3 Å². The number of aliphatic carboxylic acids is 1. The standard InChI is InChI=1S/C12H15N5O2/c1-7-3-5-17(9(7)12(18)19)10-11-15-14-8(2)16(11)6-4-13-10/h4,6-7,9H,3,5H2,1-2H3,(H,18,19). The quantitative estimate of drug-likeness (QED) is 0.858. The van der Waals surface area contributed by atoms with Crippen molar-refractivity contribution in [3.05, 3.63) is 18.2 Å². The molecular weight excluding hydrogens is 246 g/mol. The van der Waals surface area contributed by atoms with E-state index >= 15 is 0 Å². The van der Waals surface area contributed by atoms with Crippen molar-refractivity contribution in [2.45, 2.75) is 26.3 Å². The van der Waals surface area contributed by atoms with Crippen LogP contribution in [0, 0.1) is 12.8 Å². The zero-order chi connectivity index (χ0) is 13.6. The number of aryl methyl sites for hydroxylation is 1. The summed E-state index contributed by atoms with van der Waals surface area (Å²) in [6.45, 7) is 4.48. The molecule has 0 saturated carbocycles. The lowest BCUT2D eigenvalue weighted by Crippen LogP contribution is -2.39. The zero-order valence-corrected chi connectivity index (χ0v) is 10.8. The number of nitrogens with zero attached hydrogens (tertiary/aromatic N) is 5. The summed E-state index contributed by atoms with van der Waals surface area (Å²) in [6.07, 6.45) is 4.27. The highest BCUT2D eigenvalue weighted by Gasteiger charge is 2.38. The van der Waals surface area contributed by atoms with E-state index in [9.17, 15) is 9.90 Å². The van der Waals surface area contributed by atoms with Crippen molar-refractivity contribution in [2.24, 2.45) is 5.92 Å². The van der Waals surface area contributed by atoms with Crippen LogP contribution in [0.25, 0.3) is 5.65 Å². The molecule has 3 heterocycles. The highest BCUT2D eigenvalue weighted by Crippen LogP contribution is 2.30. The van der Waals surface area contributed by atoms with Crippen LogP contribution in [0.4, 0.5) is 5.82 Å². The van der Waals surface area contributed by atoms with Gasteiger partial charge in [0, 0.05) is 18.9 Å². The van der Waals surface area contributed by atoms with Crippen LogP contribution in [0.15, 0.2) is 12.4 Å². The number of hydrogen-bond donors (Lipinski definition) is 1. The molecule has 2 aromatic rings. The molecule has 1 aliphatic heterocycles. The van der Waals surface area contributed by atoms with Crippen LogP contribution in [0.2, 0.25) is 0 Å². The topological polar surface area (TPSA) is 83.6 Å². The summed E-state index contributed by atoms with van der Waals surface area (Å²) < 4.78 is 1.82. The zero-order valence-electron chi connectivity index (χ0n) is 10.8. The Labute approximate surface area is 109 Å². The molecule has 0 radical (unpaired) electrons. The van der Waals surface area contributed by atoms with Gasteiger partial charge in [-0.3, -0.25) is 4.40 Å². The number of anilines is 1. The van der Waals surface area contributed by atoms with Crippen molar-refractivity contribution in [1.82, 2.24) is 19.6 Å². The summed E-state index contributed by atoms with van der Waals surface area (Å²) in [5.74, 6) is 0.645. The first kappa shape index (κ1) is 11.9. The molecular formula is C12H15N5O2. The molecule has 1 aliphatic rings. The summed E-state index contributed by atoms with van der Waals surface area (Å²) in [7, 11) is 0. The van der Waals surface area contributed by atoms with E-state index in [0.29, 0.717) is 18.0 Å². The van der Waals surface area contributed by atoms with Gasteiger partial charge in [-0.15, -0.1) is 10.2 Å². The van der Waals surface area contributed by atoms with E-state index in [1.54, 1.807) is 12.4 Å². The van der Waals surface area contributed by atoms with Gasteiger partial charge in [0.05, 0.1) is 0 Å². The summed E-state index contributed by atoms with van der Waals surface area (Å²) in [5.41, 5.74) is 0.611. The fraction of sp³-hybridized carbons (Fsp3) is 0.500. The van der Waals surface area contributed by atoms with Gasteiger partial charge in [-0.2, -0.15) is 0 Å².